The molecule has 9 aromatic carbocycles. The standard InChI is InChI=1S/C51H31NO/c1-2-14-34(15-3-1)52(45-22-12-24-47-48(45)42-19-8-11-23-46(42)53-47)35-27-30-37-33(31-35)26-29-41-40-28-25-32-13-4-5-16-36(32)49(40)51(50(37)41)43-20-9-6-17-38(43)39-18-7-10-21-44(39)51/h1-31H. The summed E-state index contributed by atoms with van der Waals surface area (Å²) in [6, 6.07) is 69.0. The van der Waals surface area contributed by atoms with Crippen molar-refractivity contribution in [3.63, 3.8) is 0 Å². The van der Waals surface area contributed by atoms with E-state index in [4.69, 9.17) is 4.42 Å². The molecule has 0 N–H and O–H groups in total. The minimum Gasteiger partial charge on any atom is -0.456 e. The zero-order valence-corrected chi connectivity index (χ0v) is 28.8. The van der Waals surface area contributed by atoms with Crippen molar-refractivity contribution in [3.8, 4) is 22.3 Å². The van der Waals surface area contributed by atoms with Gasteiger partial charge in [-0.15, -0.1) is 0 Å². The van der Waals surface area contributed by atoms with E-state index in [0.29, 0.717) is 0 Å². The highest BCUT2D eigenvalue weighted by molar-refractivity contribution is 6.14. The first kappa shape index (κ1) is 28.8. The maximum absolute atomic E-state index is 6.38. The lowest BCUT2D eigenvalue weighted by atomic mass is 9.68. The highest BCUT2D eigenvalue weighted by Crippen LogP contribution is 2.65. The Kier molecular flexibility index (Phi) is 5.73. The van der Waals surface area contributed by atoms with E-state index in [1.807, 2.05) is 6.07 Å². The van der Waals surface area contributed by atoms with Gasteiger partial charge in [-0.2, -0.15) is 0 Å². The highest BCUT2D eigenvalue weighted by atomic mass is 16.3. The lowest BCUT2D eigenvalue weighted by Gasteiger charge is -2.32. The third-order valence-corrected chi connectivity index (χ3v) is 11.8. The Bertz CT molecular complexity index is 3090. The molecule has 0 unspecified atom stereocenters. The number of furan rings is 1. The Morgan fingerprint density at radius 3 is 1.75 bits per heavy atom. The summed E-state index contributed by atoms with van der Waals surface area (Å²) in [7, 11) is 0. The molecule has 0 fully saturated rings. The summed E-state index contributed by atoms with van der Waals surface area (Å²) in [5, 5.41) is 7.30. The van der Waals surface area contributed by atoms with Crippen molar-refractivity contribution in [2.24, 2.45) is 0 Å². The van der Waals surface area contributed by atoms with Gasteiger partial charge in [0.1, 0.15) is 11.2 Å². The minimum absolute atomic E-state index is 0.458. The normalized spacial score (nSPS) is 13.4. The van der Waals surface area contributed by atoms with Crippen molar-refractivity contribution in [1.82, 2.24) is 0 Å². The van der Waals surface area contributed by atoms with Gasteiger partial charge in [-0.25, -0.2) is 0 Å². The van der Waals surface area contributed by atoms with Gasteiger partial charge in [0, 0.05) is 16.8 Å². The van der Waals surface area contributed by atoms with Crippen molar-refractivity contribution in [3.05, 3.63) is 210 Å². The SMILES string of the molecule is c1ccc(N(c2ccc3c4c(ccc3c2)-c2ccc3ccccc3c2C42c3ccccc3-c3ccccc32)c2cccc3oc4ccccc4c23)cc1. The topological polar surface area (TPSA) is 16.4 Å². The smallest absolute Gasteiger partial charge is 0.137 e. The molecule has 0 amide bonds. The van der Waals surface area contributed by atoms with Crippen LogP contribution in [-0.4, -0.2) is 0 Å². The summed E-state index contributed by atoms with van der Waals surface area (Å²) in [6.45, 7) is 0. The summed E-state index contributed by atoms with van der Waals surface area (Å²) in [4.78, 5) is 2.38. The van der Waals surface area contributed by atoms with Gasteiger partial charge in [0.25, 0.3) is 0 Å². The monoisotopic (exact) mass is 673 g/mol. The summed E-state index contributed by atoms with van der Waals surface area (Å²) in [5.74, 6) is 0. The number of para-hydroxylation sites is 2. The summed E-state index contributed by atoms with van der Waals surface area (Å²) in [6.07, 6.45) is 0. The van der Waals surface area contributed by atoms with Gasteiger partial charge < -0.3 is 9.32 Å². The van der Waals surface area contributed by atoms with E-state index in [0.717, 1.165) is 39.0 Å². The Balaban J connectivity index is 1.17. The summed E-state index contributed by atoms with van der Waals surface area (Å²) < 4.78 is 6.38. The fourth-order valence-corrected chi connectivity index (χ4v) is 9.83. The van der Waals surface area contributed by atoms with Gasteiger partial charge in [0.2, 0.25) is 0 Å². The molecule has 2 aliphatic rings. The fourth-order valence-electron chi connectivity index (χ4n) is 9.83. The molecule has 53 heavy (non-hydrogen) atoms. The Labute approximate surface area is 306 Å². The van der Waals surface area contributed by atoms with Crippen molar-refractivity contribution < 1.29 is 4.42 Å². The maximum atomic E-state index is 6.38. The highest BCUT2D eigenvalue weighted by Gasteiger charge is 2.53. The lowest BCUT2D eigenvalue weighted by Crippen LogP contribution is -2.26. The van der Waals surface area contributed by atoms with Gasteiger partial charge in [0.15, 0.2) is 0 Å². The van der Waals surface area contributed by atoms with Gasteiger partial charge in [-0.05, 0) is 109 Å². The second-order valence-corrected chi connectivity index (χ2v) is 14.4. The van der Waals surface area contributed by atoms with E-state index in [1.165, 1.54) is 66.1 Å². The maximum Gasteiger partial charge on any atom is 0.137 e. The molecule has 2 nitrogen and oxygen atoms in total. The molecular formula is C51H31NO. The van der Waals surface area contributed by atoms with Crippen LogP contribution in [0.15, 0.2) is 192 Å². The number of nitrogens with zero attached hydrogens (tertiary/aromatic N) is 1. The molecular weight excluding hydrogens is 643 g/mol. The summed E-state index contributed by atoms with van der Waals surface area (Å²) >= 11 is 0. The zero-order chi connectivity index (χ0) is 34.7. The van der Waals surface area contributed by atoms with Gasteiger partial charge >= 0.3 is 0 Å². The predicted octanol–water partition coefficient (Wildman–Crippen LogP) is 13.7. The van der Waals surface area contributed by atoms with Crippen molar-refractivity contribution in [2.45, 2.75) is 5.41 Å². The second-order valence-electron chi connectivity index (χ2n) is 14.4. The molecule has 2 aliphatic carbocycles. The Morgan fingerprint density at radius 2 is 0.981 bits per heavy atom. The van der Waals surface area contributed by atoms with E-state index < -0.39 is 5.41 Å². The van der Waals surface area contributed by atoms with Crippen LogP contribution >= 0.6 is 0 Å². The average Bonchev–Trinajstić information content (AvgIpc) is 3.86. The third kappa shape index (κ3) is 3.72. The zero-order valence-electron chi connectivity index (χ0n) is 28.8. The fraction of sp³-hybridized carbons (Fsp3) is 0.0196. The molecule has 1 spiro atoms. The first-order valence-electron chi connectivity index (χ1n) is 18.4. The largest absolute Gasteiger partial charge is 0.456 e. The Hall–Kier alpha value is -6.90. The molecule has 246 valence electrons. The first-order valence-corrected chi connectivity index (χ1v) is 18.4. The number of benzene rings is 9. The van der Waals surface area contributed by atoms with Gasteiger partial charge in [-0.1, -0.05) is 146 Å². The number of rotatable bonds is 3. The third-order valence-electron chi connectivity index (χ3n) is 11.8. The van der Waals surface area contributed by atoms with Crippen molar-refractivity contribution in [2.75, 3.05) is 4.90 Å². The van der Waals surface area contributed by atoms with E-state index >= 15 is 0 Å². The molecule has 0 atom stereocenters. The van der Waals surface area contributed by atoms with Crippen LogP contribution in [0.3, 0.4) is 0 Å². The molecule has 0 aliphatic heterocycles. The van der Waals surface area contributed by atoms with E-state index in [-0.39, 0.29) is 0 Å². The van der Waals surface area contributed by atoms with Crippen LogP contribution in [0.25, 0.3) is 65.7 Å². The molecule has 1 aromatic heterocycles. The predicted molar refractivity (Wildman–Crippen MR) is 220 cm³/mol. The molecule has 0 saturated carbocycles. The number of hydrogen-bond donors (Lipinski definition) is 0. The van der Waals surface area contributed by atoms with E-state index in [1.54, 1.807) is 0 Å². The van der Waals surface area contributed by atoms with Crippen molar-refractivity contribution in [1.29, 1.82) is 0 Å². The summed E-state index contributed by atoms with van der Waals surface area (Å²) in [5.41, 5.74) is 15.4. The van der Waals surface area contributed by atoms with Crippen LogP contribution in [0.4, 0.5) is 17.1 Å². The van der Waals surface area contributed by atoms with E-state index in [2.05, 4.69) is 187 Å². The van der Waals surface area contributed by atoms with Gasteiger partial charge in [-0.3, -0.25) is 0 Å². The van der Waals surface area contributed by atoms with Crippen LogP contribution in [-0.2, 0) is 5.41 Å². The lowest BCUT2D eigenvalue weighted by molar-refractivity contribution is 0.669. The van der Waals surface area contributed by atoms with Crippen LogP contribution in [0.1, 0.15) is 22.3 Å². The molecule has 0 radical (unpaired) electrons. The van der Waals surface area contributed by atoms with Crippen LogP contribution in [0.5, 0.6) is 0 Å². The van der Waals surface area contributed by atoms with Crippen LogP contribution in [0.2, 0.25) is 0 Å². The molecule has 2 heteroatoms. The van der Waals surface area contributed by atoms with Crippen LogP contribution < -0.4 is 4.90 Å². The van der Waals surface area contributed by atoms with E-state index in [9.17, 15) is 0 Å². The number of fused-ring (bicyclic) bond motifs is 17. The Morgan fingerprint density at radius 1 is 0.377 bits per heavy atom. The first-order chi connectivity index (χ1) is 26.3. The molecule has 1 heterocycles. The number of anilines is 3. The molecule has 12 rings (SSSR count). The quantitative estimate of drug-likeness (QED) is 0.186. The minimum atomic E-state index is -0.458. The van der Waals surface area contributed by atoms with Gasteiger partial charge in [0.05, 0.1) is 16.5 Å². The second kappa shape index (κ2) is 10.6. The number of hydrogen-bond acceptors (Lipinski definition) is 2. The average molecular weight is 674 g/mol. The molecule has 10 aromatic rings. The van der Waals surface area contributed by atoms with Crippen molar-refractivity contribution >= 4 is 60.5 Å². The molecule has 0 saturated heterocycles. The molecule has 0 bridgehead atoms. The van der Waals surface area contributed by atoms with Crippen LogP contribution in [0, 0.1) is 0 Å².